The Morgan fingerprint density at radius 2 is 1.19 bits per heavy atom. The van der Waals surface area contributed by atoms with Crippen molar-refractivity contribution in [3.05, 3.63) is 23.8 Å². The molecule has 0 amide bonds. The lowest BCUT2D eigenvalue weighted by Gasteiger charge is -2.06. The van der Waals surface area contributed by atoms with E-state index in [0.717, 1.165) is 18.4 Å². The lowest BCUT2D eigenvalue weighted by Crippen LogP contribution is -2.07. The molecule has 0 aliphatic carbocycles. The molecule has 4 heteroatoms. The second kappa shape index (κ2) is 19.0. The Balaban J connectivity index is 1.81. The van der Waals surface area contributed by atoms with Gasteiger partial charge in [0, 0.05) is 6.42 Å². The van der Waals surface area contributed by atoms with Crippen LogP contribution in [0.5, 0.6) is 11.5 Å². The van der Waals surface area contributed by atoms with Gasteiger partial charge in [-0.05, 0) is 30.5 Å². The van der Waals surface area contributed by atoms with Gasteiger partial charge in [-0.3, -0.25) is 4.79 Å². The third kappa shape index (κ3) is 15.7. The fourth-order valence-electron chi connectivity index (χ4n) is 3.88. The molecule has 0 spiro atoms. The third-order valence-electron chi connectivity index (χ3n) is 5.92. The highest BCUT2D eigenvalue weighted by Gasteiger charge is 2.06. The maximum atomic E-state index is 11.8. The summed E-state index contributed by atoms with van der Waals surface area (Å²) in [5.74, 6) is -0.498. The number of phenols is 2. The molecule has 178 valence electrons. The van der Waals surface area contributed by atoms with Crippen molar-refractivity contribution in [1.82, 2.24) is 0 Å². The van der Waals surface area contributed by atoms with Gasteiger partial charge in [-0.15, -0.1) is 0 Å². The first-order valence-corrected chi connectivity index (χ1v) is 12.8. The quantitative estimate of drug-likeness (QED) is 0.125. The van der Waals surface area contributed by atoms with Gasteiger partial charge in [-0.1, -0.05) is 109 Å². The van der Waals surface area contributed by atoms with E-state index in [1.165, 1.54) is 102 Å². The number of rotatable bonds is 20. The van der Waals surface area contributed by atoms with Gasteiger partial charge in [0.15, 0.2) is 11.5 Å². The summed E-state index contributed by atoms with van der Waals surface area (Å²) >= 11 is 0. The van der Waals surface area contributed by atoms with Crippen molar-refractivity contribution in [2.75, 3.05) is 6.61 Å². The maximum Gasteiger partial charge on any atom is 0.306 e. The molecule has 0 unspecified atom stereocenters. The molecule has 1 aromatic rings. The highest BCUT2D eigenvalue weighted by Crippen LogP contribution is 2.25. The number of hydrogen-bond acceptors (Lipinski definition) is 4. The number of phenolic OH excluding ortho intramolecular Hbond substituents is 2. The van der Waals surface area contributed by atoms with Gasteiger partial charge in [0.25, 0.3) is 0 Å². The van der Waals surface area contributed by atoms with Gasteiger partial charge in [0.2, 0.25) is 0 Å². The Labute approximate surface area is 190 Å². The molecule has 0 bridgehead atoms. The molecule has 0 aromatic heterocycles. The normalized spacial score (nSPS) is 11.0. The molecule has 1 rings (SSSR count). The predicted octanol–water partition coefficient (Wildman–Crippen LogP) is 7.84. The van der Waals surface area contributed by atoms with E-state index in [0.29, 0.717) is 19.4 Å². The van der Waals surface area contributed by atoms with E-state index in [1.54, 1.807) is 6.07 Å². The van der Waals surface area contributed by atoms with Gasteiger partial charge >= 0.3 is 5.97 Å². The van der Waals surface area contributed by atoms with Crippen LogP contribution in [0.1, 0.15) is 122 Å². The minimum Gasteiger partial charge on any atom is -0.504 e. The van der Waals surface area contributed by atoms with Crippen LogP contribution >= 0.6 is 0 Å². The van der Waals surface area contributed by atoms with Crippen LogP contribution in [0.2, 0.25) is 0 Å². The monoisotopic (exact) mass is 434 g/mol. The van der Waals surface area contributed by atoms with Crippen molar-refractivity contribution in [2.45, 2.75) is 122 Å². The fraction of sp³-hybridized carbons (Fsp3) is 0.741. The average molecular weight is 435 g/mol. The highest BCUT2D eigenvalue weighted by atomic mass is 16.5. The molecule has 0 aliphatic rings. The van der Waals surface area contributed by atoms with E-state index in [9.17, 15) is 15.0 Å². The van der Waals surface area contributed by atoms with Gasteiger partial charge < -0.3 is 14.9 Å². The van der Waals surface area contributed by atoms with Crippen LogP contribution < -0.4 is 0 Å². The van der Waals surface area contributed by atoms with E-state index in [4.69, 9.17) is 4.74 Å². The van der Waals surface area contributed by atoms with E-state index in [1.807, 2.05) is 0 Å². The van der Waals surface area contributed by atoms with Crippen LogP contribution in [0.3, 0.4) is 0 Å². The van der Waals surface area contributed by atoms with E-state index in [2.05, 4.69) is 6.92 Å². The summed E-state index contributed by atoms with van der Waals surface area (Å²) < 4.78 is 5.29. The average Bonchev–Trinajstić information content (AvgIpc) is 2.76. The summed E-state index contributed by atoms with van der Waals surface area (Å²) in [6, 6.07) is 4.63. The molecule has 0 fully saturated rings. The van der Waals surface area contributed by atoms with E-state index < -0.39 is 0 Å². The summed E-state index contributed by atoms with van der Waals surface area (Å²) in [6.45, 7) is 2.77. The number of aryl methyl sites for hydroxylation is 1. The zero-order valence-corrected chi connectivity index (χ0v) is 19.9. The SMILES string of the molecule is CCCCCCCCCCCCCCCCCCOC(=O)CCc1ccc(O)c(O)c1. The second-order valence-corrected chi connectivity index (χ2v) is 8.85. The van der Waals surface area contributed by atoms with Gasteiger partial charge in [-0.2, -0.15) is 0 Å². The molecule has 0 aliphatic heterocycles. The van der Waals surface area contributed by atoms with Crippen molar-refractivity contribution < 1.29 is 19.7 Å². The second-order valence-electron chi connectivity index (χ2n) is 8.85. The Bertz CT molecular complexity index is 570. The van der Waals surface area contributed by atoms with E-state index in [-0.39, 0.29) is 17.5 Å². The number of aromatic hydroxyl groups is 2. The summed E-state index contributed by atoms with van der Waals surface area (Å²) in [5.41, 5.74) is 0.814. The van der Waals surface area contributed by atoms with Crippen molar-refractivity contribution in [1.29, 1.82) is 0 Å². The minimum atomic E-state index is -0.200. The number of carbonyl (C=O) groups excluding carboxylic acids is 1. The zero-order valence-electron chi connectivity index (χ0n) is 19.9. The fourth-order valence-corrected chi connectivity index (χ4v) is 3.88. The Morgan fingerprint density at radius 1 is 0.710 bits per heavy atom. The number of esters is 1. The molecule has 0 heterocycles. The number of benzene rings is 1. The Hall–Kier alpha value is -1.71. The first-order chi connectivity index (χ1) is 15.1. The summed E-state index contributed by atoms with van der Waals surface area (Å²) in [5, 5.41) is 18.8. The molecule has 0 atom stereocenters. The summed E-state index contributed by atoms with van der Waals surface area (Å²) in [6.07, 6.45) is 22.1. The van der Waals surface area contributed by atoms with Gasteiger partial charge in [-0.25, -0.2) is 0 Å². The summed E-state index contributed by atoms with van der Waals surface area (Å²) in [7, 11) is 0. The Morgan fingerprint density at radius 3 is 1.68 bits per heavy atom. The van der Waals surface area contributed by atoms with Crippen LogP contribution in [-0.2, 0) is 16.0 Å². The van der Waals surface area contributed by atoms with Crippen LogP contribution in [0.4, 0.5) is 0 Å². The lowest BCUT2D eigenvalue weighted by molar-refractivity contribution is -0.143. The Kier molecular flexibility index (Phi) is 16.8. The molecule has 31 heavy (non-hydrogen) atoms. The van der Waals surface area contributed by atoms with Crippen LogP contribution in [0, 0.1) is 0 Å². The molecule has 0 saturated heterocycles. The van der Waals surface area contributed by atoms with Crippen molar-refractivity contribution in [3.8, 4) is 11.5 Å². The molecule has 0 radical (unpaired) electrons. The third-order valence-corrected chi connectivity index (χ3v) is 5.92. The molecule has 4 nitrogen and oxygen atoms in total. The largest absolute Gasteiger partial charge is 0.504 e. The number of unbranched alkanes of at least 4 members (excludes halogenated alkanes) is 15. The minimum absolute atomic E-state index is 0.144. The number of hydrogen-bond donors (Lipinski definition) is 2. The van der Waals surface area contributed by atoms with Gasteiger partial charge in [0.05, 0.1) is 6.61 Å². The smallest absolute Gasteiger partial charge is 0.306 e. The summed E-state index contributed by atoms with van der Waals surface area (Å²) in [4.78, 5) is 11.8. The standard InChI is InChI=1S/C27H46O4/c1-2-3-4-5-6-7-8-9-10-11-12-13-14-15-16-17-22-31-27(30)21-19-24-18-20-25(28)26(29)23-24/h18,20,23,28-29H,2-17,19,21-22H2,1H3. The van der Waals surface area contributed by atoms with Gasteiger partial charge in [0.1, 0.15) is 0 Å². The van der Waals surface area contributed by atoms with Crippen LogP contribution in [0.25, 0.3) is 0 Å². The van der Waals surface area contributed by atoms with E-state index >= 15 is 0 Å². The van der Waals surface area contributed by atoms with Crippen molar-refractivity contribution in [2.24, 2.45) is 0 Å². The molecule has 2 N–H and O–H groups in total. The first-order valence-electron chi connectivity index (χ1n) is 12.8. The predicted molar refractivity (Wildman–Crippen MR) is 129 cm³/mol. The lowest BCUT2D eigenvalue weighted by atomic mass is 10.0. The molecular weight excluding hydrogens is 388 g/mol. The van der Waals surface area contributed by atoms with Crippen LogP contribution in [0.15, 0.2) is 18.2 Å². The van der Waals surface area contributed by atoms with Crippen LogP contribution in [-0.4, -0.2) is 22.8 Å². The van der Waals surface area contributed by atoms with Crippen molar-refractivity contribution in [3.63, 3.8) is 0 Å². The molecule has 0 saturated carbocycles. The number of ether oxygens (including phenoxy) is 1. The molecular formula is C27H46O4. The zero-order chi connectivity index (χ0) is 22.6. The highest BCUT2D eigenvalue weighted by molar-refractivity contribution is 5.69. The van der Waals surface area contributed by atoms with Crippen molar-refractivity contribution >= 4 is 5.97 Å². The number of carbonyl (C=O) groups is 1. The maximum absolute atomic E-state index is 11.8. The molecule has 1 aromatic carbocycles. The first kappa shape index (κ1) is 27.3. The topological polar surface area (TPSA) is 66.8 Å².